The van der Waals surface area contributed by atoms with Gasteiger partial charge in [0.25, 0.3) is 0 Å². The molecule has 0 aromatic carbocycles. The topological polar surface area (TPSA) is 72.3 Å². The monoisotopic (exact) mass is 407 g/mol. The number of ether oxygens (including phenoxy) is 1. The van der Waals surface area contributed by atoms with Crippen molar-refractivity contribution >= 4 is 23.3 Å². The maximum atomic E-state index is 11.8. The van der Waals surface area contributed by atoms with E-state index in [9.17, 15) is 4.79 Å². The van der Waals surface area contributed by atoms with Crippen LogP contribution in [0.2, 0.25) is 0 Å². The maximum Gasteiger partial charge on any atom is 0.307 e. The molecule has 0 aliphatic carbocycles. The quantitative estimate of drug-likeness (QED) is 0.498. The number of carbonyl (C=O) groups is 1. The second-order valence-corrected chi connectivity index (χ2v) is 7.02. The number of hydrogen-bond donors (Lipinski definition) is 1. The number of carbonyl (C=O) groups excluding carboxylic acids is 1. The van der Waals surface area contributed by atoms with Gasteiger partial charge in [-0.1, -0.05) is 12.1 Å². The lowest BCUT2D eigenvalue weighted by atomic mass is 10.0. The third-order valence-electron chi connectivity index (χ3n) is 4.96. The van der Waals surface area contributed by atoms with E-state index in [1.807, 2.05) is 58.1 Å². The van der Waals surface area contributed by atoms with E-state index in [0.29, 0.717) is 11.7 Å². The van der Waals surface area contributed by atoms with Gasteiger partial charge in [0.2, 0.25) is 0 Å². The van der Waals surface area contributed by atoms with Gasteiger partial charge >= 0.3 is 5.97 Å². The van der Waals surface area contributed by atoms with Crippen molar-refractivity contribution < 1.29 is 9.53 Å². The molecule has 1 aliphatic heterocycles. The molecule has 2 atom stereocenters. The van der Waals surface area contributed by atoms with Crippen LogP contribution in [0.25, 0.3) is 5.82 Å². The zero-order chi connectivity index (χ0) is 20.2. The minimum absolute atomic E-state index is 0.154. The zero-order valence-corrected chi connectivity index (χ0v) is 16.7. The Bertz CT molecular complexity index is 993. The minimum atomic E-state index is -0.270. The molecule has 7 nitrogen and oxygen atoms in total. The first-order chi connectivity index (χ1) is 14.2. The van der Waals surface area contributed by atoms with Gasteiger partial charge < -0.3 is 19.5 Å². The Morgan fingerprint density at radius 1 is 1.14 bits per heavy atom. The van der Waals surface area contributed by atoms with Gasteiger partial charge in [0.1, 0.15) is 5.82 Å². The molecule has 0 spiro atoms. The number of rotatable bonds is 6. The van der Waals surface area contributed by atoms with Gasteiger partial charge in [-0.2, -0.15) is 0 Å². The second-order valence-electron chi connectivity index (χ2n) is 6.64. The van der Waals surface area contributed by atoms with E-state index in [0.717, 1.165) is 17.2 Å². The van der Waals surface area contributed by atoms with Gasteiger partial charge in [0.05, 0.1) is 31.3 Å². The molecule has 0 saturated carbocycles. The van der Waals surface area contributed by atoms with E-state index in [2.05, 4.69) is 21.4 Å². The van der Waals surface area contributed by atoms with Crippen LogP contribution in [0.5, 0.6) is 0 Å². The highest BCUT2D eigenvalue weighted by atomic mass is 32.1. The Morgan fingerprint density at radius 3 is 2.62 bits per heavy atom. The largest absolute Gasteiger partial charge is 0.469 e. The van der Waals surface area contributed by atoms with Crippen LogP contribution in [0.3, 0.4) is 0 Å². The summed E-state index contributed by atoms with van der Waals surface area (Å²) < 4.78 is 6.86. The van der Waals surface area contributed by atoms with Crippen LogP contribution in [-0.2, 0) is 9.53 Å². The smallest absolute Gasteiger partial charge is 0.307 e. The average Bonchev–Trinajstić information content (AvgIpc) is 3.37. The van der Waals surface area contributed by atoms with Gasteiger partial charge in [-0.25, -0.2) is 4.98 Å². The highest BCUT2D eigenvalue weighted by molar-refractivity contribution is 7.80. The summed E-state index contributed by atoms with van der Waals surface area (Å²) in [5.41, 5.74) is 1.89. The predicted octanol–water partition coefficient (Wildman–Crippen LogP) is 2.80. The molecular weight excluding hydrogens is 386 g/mol. The summed E-state index contributed by atoms with van der Waals surface area (Å²) in [5, 5.41) is 3.97. The van der Waals surface area contributed by atoms with Crippen LogP contribution in [0.4, 0.5) is 0 Å². The van der Waals surface area contributed by atoms with E-state index in [4.69, 9.17) is 17.0 Å². The van der Waals surface area contributed by atoms with Gasteiger partial charge in [-0.3, -0.25) is 9.78 Å². The molecule has 1 saturated heterocycles. The summed E-state index contributed by atoms with van der Waals surface area (Å²) in [6.07, 6.45) is 5.76. The first-order valence-electron chi connectivity index (χ1n) is 9.32. The summed E-state index contributed by atoms with van der Waals surface area (Å²) in [4.78, 5) is 22.8. The molecule has 3 aromatic rings. The van der Waals surface area contributed by atoms with Crippen molar-refractivity contribution in [1.82, 2.24) is 24.8 Å². The summed E-state index contributed by atoms with van der Waals surface area (Å²) in [6, 6.07) is 15.3. The van der Waals surface area contributed by atoms with Crippen LogP contribution in [0.1, 0.15) is 29.9 Å². The van der Waals surface area contributed by atoms with Gasteiger partial charge in [0.15, 0.2) is 5.11 Å². The van der Waals surface area contributed by atoms with Crippen molar-refractivity contribution in [2.45, 2.75) is 18.5 Å². The van der Waals surface area contributed by atoms with E-state index in [1.165, 1.54) is 7.11 Å². The summed E-state index contributed by atoms with van der Waals surface area (Å²) >= 11 is 5.63. The Morgan fingerprint density at radius 2 is 1.93 bits per heavy atom. The first kappa shape index (κ1) is 19.1. The molecule has 148 valence electrons. The molecular formula is C21H21N5O2S. The number of nitrogens with zero attached hydrogens (tertiary/aromatic N) is 4. The molecule has 4 rings (SSSR count). The molecule has 1 aliphatic rings. The van der Waals surface area contributed by atoms with Crippen LogP contribution in [0, 0.1) is 0 Å². The number of methoxy groups -OCH3 is 1. The minimum Gasteiger partial charge on any atom is -0.469 e. The first-order valence-corrected chi connectivity index (χ1v) is 9.73. The SMILES string of the molecule is COC(=O)CCN1C(=S)N[C@H](c2ccccn2)[C@@H]1c1cccn1-c1ccccn1. The fourth-order valence-corrected chi connectivity index (χ4v) is 3.95. The van der Waals surface area contributed by atoms with Crippen LogP contribution >= 0.6 is 12.2 Å². The van der Waals surface area contributed by atoms with Crippen LogP contribution in [-0.4, -0.2) is 44.2 Å². The van der Waals surface area contributed by atoms with Crippen molar-refractivity contribution in [1.29, 1.82) is 0 Å². The Hall–Kier alpha value is -3.26. The van der Waals surface area contributed by atoms with Crippen molar-refractivity contribution in [2.24, 2.45) is 0 Å². The molecule has 0 amide bonds. The maximum absolute atomic E-state index is 11.8. The fourth-order valence-electron chi connectivity index (χ4n) is 3.62. The van der Waals surface area contributed by atoms with Crippen molar-refractivity contribution in [3.63, 3.8) is 0 Å². The van der Waals surface area contributed by atoms with Crippen molar-refractivity contribution in [2.75, 3.05) is 13.7 Å². The van der Waals surface area contributed by atoms with Crippen molar-refractivity contribution in [3.05, 3.63) is 78.5 Å². The molecule has 1 fully saturated rings. The number of aromatic nitrogens is 3. The number of esters is 1. The molecule has 8 heteroatoms. The van der Waals surface area contributed by atoms with Crippen LogP contribution in [0.15, 0.2) is 67.1 Å². The fraction of sp³-hybridized carbons (Fsp3) is 0.238. The summed E-state index contributed by atoms with van der Waals surface area (Å²) in [7, 11) is 1.39. The standard InChI is InChI=1S/C21H21N5O2S/c1-28-18(27)10-14-26-20(19(24-21(26)29)15-7-2-4-11-22-15)16-8-6-13-25(16)17-9-3-5-12-23-17/h2-9,11-13,19-20H,10,14H2,1H3,(H,24,29)/t19-,20+/m1/s1. The van der Waals surface area contributed by atoms with Crippen molar-refractivity contribution in [3.8, 4) is 5.82 Å². The van der Waals surface area contributed by atoms with Gasteiger partial charge in [0, 0.05) is 30.8 Å². The Balaban J connectivity index is 1.75. The van der Waals surface area contributed by atoms with E-state index < -0.39 is 0 Å². The molecule has 0 radical (unpaired) electrons. The van der Waals surface area contributed by atoms with Gasteiger partial charge in [-0.15, -0.1) is 0 Å². The molecule has 0 bridgehead atoms. The summed E-state index contributed by atoms with van der Waals surface area (Å²) in [5.74, 6) is 0.547. The molecule has 29 heavy (non-hydrogen) atoms. The second kappa shape index (κ2) is 8.40. The highest BCUT2D eigenvalue weighted by Gasteiger charge is 2.41. The van der Waals surface area contributed by atoms with Gasteiger partial charge in [-0.05, 0) is 48.6 Å². The van der Waals surface area contributed by atoms with E-state index >= 15 is 0 Å². The zero-order valence-electron chi connectivity index (χ0n) is 15.9. The third kappa shape index (κ3) is 3.84. The lowest BCUT2D eigenvalue weighted by Gasteiger charge is -2.28. The lowest BCUT2D eigenvalue weighted by molar-refractivity contribution is -0.140. The number of nitrogens with one attached hydrogen (secondary N) is 1. The molecule has 3 aromatic heterocycles. The molecule has 0 unspecified atom stereocenters. The predicted molar refractivity (Wildman–Crippen MR) is 112 cm³/mol. The normalized spacial score (nSPS) is 18.5. The number of pyridine rings is 2. The third-order valence-corrected chi connectivity index (χ3v) is 5.31. The molecule has 1 N–H and O–H groups in total. The highest BCUT2D eigenvalue weighted by Crippen LogP contribution is 2.39. The summed E-state index contributed by atoms with van der Waals surface area (Å²) in [6.45, 7) is 0.444. The van der Waals surface area contributed by atoms with E-state index in [-0.39, 0.29) is 24.5 Å². The van der Waals surface area contributed by atoms with Crippen LogP contribution < -0.4 is 5.32 Å². The Kier molecular flexibility index (Phi) is 5.53. The van der Waals surface area contributed by atoms with E-state index in [1.54, 1.807) is 12.4 Å². The number of hydrogen-bond acceptors (Lipinski definition) is 5. The lowest BCUT2D eigenvalue weighted by Crippen LogP contribution is -2.32. The average molecular weight is 407 g/mol. The molecule has 4 heterocycles. The Labute approximate surface area is 174 Å². The number of thiocarbonyl (C=S) groups is 1.